The van der Waals surface area contributed by atoms with Gasteiger partial charge in [0.1, 0.15) is 0 Å². The molecule has 20 heavy (non-hydrogen) atoms. The summed E-state index contributed by atoms with van der Waals surface area (Å²) in [5.74, 6) is 0. The van der Waals surface area contributed by atoms with Crippen molar-refractivity contribution in [3.63, 3.8) is 0 Å². The van der Waals surface area contributed by atoms with E-state index in [2.05, 4.69) is 24.2 Å². The fraction of sp³-hybridized carbons (Fsp3) is 1.00. The molecule has 0 aromatic carbocycles. The Balaban J connectivity index is 1.96. The van der Waals surface area contributed by atoms with Gasteiger partial charge in [-0.05, 0) is 26.3 Å². The Morgan fingerprint density at radius 1 is 1.10 bits per heavy atom. The van der Waals surface area contributed by atoms with Crippen LogP contribution in [0.3, 0.4) is 0 Å². The van der Waals surface area contributed by atoms with Gasteiger partial charge in [0.15, 0.2) is 0 Å². The van der Waals surface area contributed by atoms with Crippen molar-refractivity contribution in [2.24, 2.45) is 0 Å². The summed E-state index contributed by atoms with van der Waals surface area (Å²) in [4.78, 5) is 2.75. The standard InChI is InChI=1S/C17H34N2O/c1-3-4-5-6-9-16(18-2)17(10-7-8-11-17)19-12-14-20-15-13-19/h16,18H,3-15H2,1-2H3. The van der Waals surface area contributed by atoms with E-state index in [-0.39, 0.29) is 0 Å². The SMILES string of the molecule is CCCCCCC(NC)C1(N2CCOCC2)CCCC1. The number of hydrogen-bond donors (Lipinski definition) is 1. The maximum absolute atomic E-state index is 5.57. The normalized spacial score (nSPS) is 24.9. The molecule has 1 aliphatic heterocycles. The smallest absolute Gasteiger partial charge is 0.0594 e. The molecule has 0 bridgehead atoms. The van der Waals surface area contributed by atoms with Gasteiger partial charge < -0.3 is 10.1 Å². The molecule has 0 aromatic heterocycles. The zero-order chi connectivity index (χ0) is 14.3. The van der Waals surface area contributed by atoms with E-state index in [1.54, 1.807) is 0 Å². The van der Waals surface area contributed by atoms with Gasteiger partial charge in [-0.15, -0.1) is 0 Å². The van der Waals surface area contributed by atoms with Gasteiger partial charge in [-0.25, -0.2) is 0 Å². The lowest BCUT2D eigenvalue weighted by molar-refractivity contribution is -0.0362. The first-order valence-electron chi connectivity index (χ1n) is 8.83. The fourth-order valence-corrected chi connectivity index (χ4v) is 4.34. The highest BCUT2D eigenvalue weighted by molar-refractivity contribution is 5.03. The summed E-state index contributed by atoms with van der Waals surface area (Å²) in [6, 6.07) is 0.667. The van der Waals surface area contributed by atoms with Gasteiger partial charge in [-0.1, -0.05) is 45.4 Å². The Morgan fingerprint density at radius 2 is 1.80 bits per heavy atom. The predicted octanol–water partition coefficient (Wildman–Crippen LogP) is 3.19. The van der Waals surface area contributed by atoms with Crippen LogP contribution in [0.5, 0.6) is 0 Å². The summed E-state index contributed by atoms with van der Waals surface area (Å²) in [5, 5.41) is 3.68. The van der Waals surface area contributed by atoms with Crippen molar-refractivity contribution in [1.82, 2.24) is 10.2 Å². The van der Waals surface area contributed by atoms with Crippen molar-refractivity contribution in [1.29, 1.82) is 0 Å². The molecule has 0 radical (unpaired) electrons. The minimum Gasteiger partial charge on any atom is -0.379 e. The van der Waals surface area contributed by atoms with E-state index in [0.717, 1.165) is 26.3 Å². The van der Waals surface area contributed by atoms with Gasteiger partial charge in [-0.3, -0.25) is 4.90 Å². The molecule has 3 heteroatoms. The topological polar surface area (TPSA) is 24.5 Å². The number of hydrogen-bond acceptors (Lipinski definition) is 3. The number of nitrogens with zero attached hydrogens (tertiary/aromatic N) is 1. The first kappa shape index (κ1) is 16.3. The molecule has 1 aliphatic carbocycles. The van der Waals surface area contributed by atoms with Crippen LogP contribution >= 0.6 is 0 Å². The van der Waals surface area contributed by atoms with Gasteiger partial charge in [0, 0.05) is 24.7 Å². The van der Waals surface area contributed by atoms with E-state index in [1.807, 2.05) is 0 Å². The molecule has 2 aliphatic rings. The maximum Gasteiger partial charge on any atom is 0.0594 e. The molecule has 0 spiro atoms. The van der Waals surface area contributed by atoms with Crippen LogP contribution in [0.1, 0.15) is 64.7 Å². The van der Waals surface area contributed by atoms with Crippen LogP contribution in [-0.4, -0.2) is 49.8 Å². The molecule has 0 aromatic rings. The fourth-order valence-electron chi connectivity index (χ4n) is 4.34. The second-order valence-electron chi connectivity index (χ2n) is 6.60. The number of morpholine rings is 1. The predicted molar refractivity (Wildman–Crippen MR) is 85.2 cm³/mol. The van der Waals surface area contributed by atoms with Crippen LogP contribution in [0.15, 0.2) is 0 Å². The summed E-state index contributed by atoms with van der Waals surface area (Å²) in [6.45, 7) is 6.41. The van der Waals surface area contributed by atoms with Crippen molar-refractivity contribution in [2.45, 2.75) is 76.3 Å². The summed E-state index contributed by atoms with van der Waals surface area (Å²) in [5.41, 5.74) is 0.421. The van der Waals surface area contributed by atoms with Crippen molar-refractivity contribution < 1.29 is 4.74 Å². The molecule has 2 fully saturated rings. The highest BCUT2D eigenvalue weighted by atomic mass is 16.5. The average Bonchev–Trinajstić information content (AvgIpc) is 2.99. The van der Waals surface area contributed by atoms with Crippen LogP contribution in [0, 0.1) is 0 Å². The lowest BCUT2D eigenvalue weighted by Crippen LogP contribution is -2.61. The van der Waals surface area contributed by atoms with E-state index in [9.17, 15) is 0 Å². The molecule has 3 nitrogen and oxygen atoms in total. The Morgan fingerprint density at radius 3 is 2.40 bits per heavy atom. The monoisotopic (exact) mass is 282 g/mol. The number of unbranched alkanes of at least 4 members (excludes halogenated alkanes) is 3. The van der Waals surface area contributed by atoms with E-state index < -0.39 is 0 Å². The summed E-state index contributed by atoms with van der Waals surface area (Å²) in [6.07, 6.45) is 12.4. The molecule has 0 amide bonds. The lowest BCUT2D eigenvalue weighted by atomic mass is 9.82. The maximum atomic E-state index is 5.57. The third kappa shape index (κ3) is 3.75. The van der Waals surface area contributed by atoms with Gasteiger partial charge in [0.05, 0.1) is 13.2 Å². The van der Waals surface area contributed by atoms with E-state index in [4.69, 9.17) is 4.74 Å². The van der Waals surface area contributed by atoms with Crippen molar-refractivity contribution >= 4 is 0 Å². The summed E-state index contributed by atoms with van der Waals surface area (Å²) >= 11 is 0. The van der Waals surface area contributed by atoms with Crippen molar-refractivity contribution in [3.05, 3.63) is 0 Å². The number of nitrogens with one attached hydrogen (secondary N) is 1. The van der Waals surface area contributed by atoms with Crippen molar-refractivity contribution in [2.75, 3.05) is 33.4 Å². The Kier molecular flexibility index (Phi) is 6.79. The summed E-state index contributed by atoms with van der Waals surface area (Å²) in [7, 11) is 2.17. The number of likely N-dealkylation sites (N-methyl/N-ethyl adjacent to an activating group) is 1. The van der Waals surface area contributed by atoms with E-state index in [1.165, 1.54) is 57.8 Å². The molecular formula is C17H34N2O. The number of rotatable bonds is 8. The third-order valence-corrected chi connectivity index (χ3v) is 5.45. The largest absolute Gasteiger partial charge is 0.379 e. The minimum atomic E-state index is 0.421. The summed E-state index contributed by atoms with van der Waals surface area (Å²) < 4.78 is 5.57. The van der Waals surface area contributed by atoms with Crippen LogP contribution in [0.4, 0.5) is 0 Å². The van der Waals surface area contributed by atoms with Gasteiger partial charge in [-0.2, -0.15) is 0 Å². The first-order chi connectivity index (χ1) is 9.83. The number of ether oxygens (including phenoxy) is 1. The minimum absolute atomic E-state index is 0.421. The van der Waals surface area contributed by atoms with Crippen LogP contribution < -0.4 is 5.32 Å². The highest BCUT2D eigenvalue weighted by Crippen LogP contribution is 2.40. The molecule has 1 saturated carbocycles. The first-order valence-corrected chi connectivity index (χ1v) is 8.83. The second kappa shape index (κ2) is 8.35. The molecule has 1 unspecified atom stereocenters. The Labute approximate surface area is 125 Å². The molecular weight excluding hydrogens is 248 g/mol. The van der Waals surface area contributed by atoms with Crippen LogP contribution in [-0.2, 0) is 4.74 Å². The van der Waals surface area contributed by atoms with Crippen molar-refractivity contribution in [3.8, 4) is 0 Å². The molecule has 118 valence electrons. The van der Waals surface area contributed by atoms with E-state index in [0.29, 0.717) is 11.6 Å². The van der Waals surface area contributed by atoms with Gasteiger partial charge >= 0.3 is 0 Å². The Hall–Kier alpha value is -0.120. The molecule has 1 saturated heterocycles. The molecule has 1 heterocycles. The van der Waals surface area contributed by atoms with Crippen LogP contribution in [0.25, 0.3) is 0 Å². The average molecular weight is 282 g/mol. The highest BCUT2D eigenvalue weighted by Gasteiger charge is 2.45. The molecule has 2 rings (SSSR count). The molecule has 1 N–H and O–H groups in total. The van der Waals surface area contributed by atoms with E-state index >= 15 is 0 Å². The molecule has 1 atom stereocenters. The third-order valence-electron chi connectivity index (χ3n) is 5.45. The second-order valence-corrected chi connectivity index (χ2v) is 6.60. The zero-order valence-corrected chi connectivity index (χ0v) is 13.6. The van der Waals surface area contributed by atoms with Crippen LogP contribution in [0.2, 0.25) is 0 Å². The Bertz CT molecular complexity index is 258. The van der Waals surface area contributed by atoms with Gasteiger partial charge in [0.25, 0.3) is 0 Å². The lowest BCUT2D eigenvalue weighted by Gasteiger charge is -2.48. The van der Waals surface area contributed by atoms with Gasteiger partial charge in [0.2, 0.25) is 0 Å². The quantitative estimate of drug-likeness (QED) is 0.692. The zero-order valence-electron chi connectivity index (χ0n) is 13.6.